The first-order valence-electron chi connectivity index (χ1n) is 10.5. The van der Waals surface area contributed by atoms with E-state index in [0.717, 1.165) is 0 Å². The molecule has 1 N–H and O–H groups in total. The quantitative estimate of drug-likeness (QED) is 0.503. The Hall–Kier alpha value is -3.88. The molecule has 0 saturated heterocycles. The third-order valence-corrected chi connectivity index (χ3v) is 5.98. The summed E-state index contributed by atoms with van der Waals surface area (Å²) in [5.74, 6) is 0.751. The van der Waals surface area contributed by atoms with Crippen LogP contribution in [-0.4, -0.2) is 26.2 Å². The smallest absolute Gasteiger partial charge is 0.496 e. The second-order valence-corrected chi connectivity index (χ2v) is 8.06. The van der Waals surface area contributed by atoms with Crippen LogP contribution in [0, 0.1) is 0 Å². The molecule has 1 aliphatic carbocycles. The van der Waals surface area contributed by atoms with Crippen molar-refractivity contribution in [2.45, 2.75) is 24.6 Å². The molecule has 0 atom stereocenters. The minimum atomic E-state index is -4.92. The van der Waals surface area contributed by atoms with Gasteiger partial charge in [0.1, 0.15) is 5.75 Å². The fourth-order valence-electron chi connectivity index (χ4n) is 4.10. The summed E-state index contributed by atoms with van der Waals surface area (Å²) in [7, 11) is 1.50. The minimum absolute atomic E-state index is 0.0854. The van der Waals surface area contributed by atoms with Crippen molar-refractivity contribution in [2.75, 3.05) is 19.2 Å². The first-order valence-corrected chi connectivity index (χ1v) is 10.5. The summed E-state index contributed by atoms with van der Waals surface area (Å²) in [6.07, 6.45) is -3.81. The summed E-state index contributed by atoms with van der Waals surface area (Å²) in [6, 6.07) is 16.5. The molecule has 0 aromatic heterocycles. The van der Waals surface area contributed by atoms with E-state index in [0.29, 0.717) is 46.8 Å². The van der Waals surface area contributed by atoms with Crippen molar-refractivity contribution in [3.63, 3.8) is 0 Å². The average Bonchev–Trinajstić information content (AvgIpc) is 3.50. The number of carbonyl (C=O) groups is 1. The van der Waals surface area contributed by atoms with E-state index in [4.69, 9.17) is 14.2 Å². The molecule has 0 unspecified atom stereocenters. The number of carbonyl (C=O) groups excluding carboxylic acids is 1. The average molecular weight is 471 g/mol. The van der Waals surface area contributed by atoms with Crippen LogP contribution in [-0.2, 0) is 10.2 Å². The molecule has 1 aliphatic heterocycles. The standard InChI is InChI=1S/C25H20F3NO5/c1-31-19-5-3-2-4-17(19)15-6-8-20(34-25(26,27)28)18(12-15)29-23(30)24(10-11-24)16-7-9-21-22(13-16)33-14-32-21/h2-9,12-13H,10-11,14H2,1H3,(H,29,30). The molecule has 9 heteroatoms. The molecule has 34 heavy (non-hydrogen) atoms. The summed E-state index contributed by atoms with van der Waals surface area (Å²) in [5, 5.41) is 2.67. The van der Waals surface area contributed by atoms with Crippen LogP contribution in [0.15, 0.2) is 60.7 Å². The zero-order valence-electron chi connectivity index (χ0n) is 18.1. The highest BCUT2D eigenvalue weighted by atomic mass is 19.4. The Labute approximate surface area is 193 Å². The number of fused-ring (bicyclic) bond motifs is 1. The van der Waals surface area contributed by atoms with Crippen LogP contribution in [0.3, 0.4) is 0 Å². The van der Waals surface area contributed by atoms with Crippen LogP contribution in [0.4, 0.5) is 18.9 Å². The number of hydrogen-bond acceptors (Lipinski definition) is 5. The summed E-state index contributed by atoms with van der Waals surface area (Å²) in [5.41, 5.74) is 0.994. The number of amides is 1. The van der Waals surface area contributed by atoms with E-state index in [-0.39, 0.29) is 12.5 Å². The van der Waals surface area contributed by atoms with E-state index in [1.165, 1.54) is 25.3 Å². The highest BCUT2D eigenvalue weighted by Crippen LogP contribution is 2.51. The number of alkyl halides is 3. The van der Waals surface area contributed by atoms with E-state index < -0.39 is 23.4 Å². The van der Waals surface area contributed by atoms with Crippen LogP contribution in [0.2, 0.25) is 0 Å². The van der Waals surface area contributed by atoms with E-state index in [2.05, 4.69) is 10.1 Å². The molecular formula is C25H20F3NO5. The van der Waals surface area contributed by atoms with Gasteiger partial charge in [0.2, 0.25) is 12.7 Å². The largest absolute Gasteiger partial charge is 0.573 e. The van der Waals surface area contributed by atoms with Gasteiger partial charge < -0.3 is 24.3 Å². The Morgan fingerprint density at radius 1 is 0.971 bits per heavy atom. The van der Waals surface area contributed by atoms with E-state index >= 15 is 0 Å². The Bertz CT molecular complexity index is 1250. The lowest BCUT2D eigenvalue weighted by molar-refractivity contribution is -0.274. The van der Waals surface area contributed by atoms with Gasteiger partial charge in [-0.2, -0.15) is 0 Å². The number of ether oxygens (including phenoxy) is 4. The number of benzene rings is 3. The van der Waals surface area contributed by atoms with Crippen molar-refractivity contribution in [1.29, 1.82) is 0 Å². The van der Waals surface area contributed by atoms with Gasteiger partial charge in [0.15, 0.2) is 17.2 Å². The van der Waals surface area contributed by atoms with Gasteiger partial charge in [-0.05, 0) is 54.3 Å². The first kappa shape index (κ1) is 21.9. The van der Waals surface area contributed by atoms with Crippen molar-refractivity contribution < 1.29 is 36.9 Å². The molecule has 1 fully saturated rings. The molecule has 6 nitrogen and oxygen atoms in total. The lowest BCUT2D eigenvalue weighted by Crippen LogP contribution is -2.28. The summed E-state index contributed by atoms with van der Waals surface area (Å²) < 4.78 is 59.5. The van der Waals surface area contributed by atoms with Gasteiger partial charge in [0, 0.05) is 5.56 Å². The van der Waals surface area contributed by atoms with Crippen molar-refractivity contribution >= 4 is 11.6 Å². The van der Waals surface area contributed by atoms with Gasteiger partial charge in [0.05, 0.1) is 18.2 Å². The predicted octanol–water partition coefficient (Wildman–Crippen LogP) is 5.66. The van der Waals surface area contributed by atoms with E-state index in [9.17, 15) is 18.0 Å². The molecular weight excluding hydrogens is 451 g/mol. The number of halogens is 3. The number of hydrogen-bond donors (Lipinski definition) is 1. The molecule has 5 rings (SSSR count). The fourth-order valence-corrected chi connectivity index (χ4v) is 4.10. The fraction of sp³-hybridized carbons (Fsp3) is 0.240. The molecule has 1 amide bonds. The summed E-state index contributed by atoms with van der Waals surface area (Å²) >= 11 is 0. The molecule has 3 aromatic rings. The van der Waals surface area contributed by atoms with Gasteiger partial charge in [0.25, 0.3) is 0 Å². The molecule has 0 spiro atoms. The third kappa shape index (κ3) is 4.09. The molecule has 1 saturated carbocycles. The normalized spacial score (nSPS) is 15.5. The zero-order chi connectivity index (χ0) is 23.9. The third-order valence-electron chi connectivity index (χ3n) is 5.98. The highest BCUT2D eigenvalue weighted by molar-refractivity contribution is 6.03. The molecule has 0 radical (unpaired) electrons. The molecule has 176 valence electrons. The maximum atomic E-state index is 13.3. The molecule has 0 bridgehead atoms. The number of methoxy groups -OCH3 is 1. The van der Waals surface area contributed by atoms with Gasteiger partial charge in [-0.3, -0.25) is 4.79 Å². The Kier molecular flexibility index (Phi) is 5.27. The second-order valence-electron chi connectivity index (χ2n) is 8.06. The van der Waals surface area contributed by atoms with Crippen LogP contribution in [0.1, 0.15) is 18.4 Å². The van der Waals surface area contributed by atoms with Crippen LogP contribution in [0.25, 0.3) is 11.1 Å². The Morgan fingerprint density at radius 2 is 1.74 bits per heavy atom. The molecule has 3 aromatic carbocycles. The lowest BCUT2D eigenvalue weighted by Gasteiger charge is -2.20. The van der Waals surface area contributed by atoms with Gasteiger partial charge in [-0.25, -0.2) is 0 Å². The van der Waals surface area contributed by atoms with Gasteiger partial charge in [-0.15, -0.1) is 13.2 Å². The van der Waals surface area contributed by atoms with E-state index in [1.54, 1.807) is 42.5 Å². The van der Waals surface area contributed by atoms with Crippen molar-refractivity contribution in [1.82, 2.24) is 0 Å². The number of anilines is 1. The predicted molar refractivity (Wildman–Crippen MR) is 117 cm³/mol. The SMILES string of the molecule is COc1ccccc1-c1ccc(OC(F)(F)F)c(NC(=O)C2(c3ccc4c(c3)OCO4)CC2)c1. The van der Waals surface area contributed by atoms with E-state index in [1.807, 2.05) is 0 Å². The number of para-hydroxylation sites is 1. The van der Waals surface area contributed by atoms with Crippen LogP contribution in [0.5, 0.6) is 23.0 Å². The monoisotopic (exact) mass is 471 g/mol. The first-order chi connectivity index (χ1) is 16.3. The zero-order valence-corrected chi connectivity index (χ0v) is 18.1. The number of rotatable bonds is 6. The van der Waals surface area contributed by atoms with Crippen molar-refractivity contribution in [3.05, 3.63) is 66.2 Å². The van der Waals surface area contributed by atoms with Crippen LogP contribution >= 0.6 is 0 Å². The summed E-state index contributed by atoms with van der Waals surface area (Å²) in [4.78, 5) is 13.3. The topological polar surface area (TPSA) is 66.0 Å². The van der Waals surface area contributed by atoms with Gasteiger partial charge in [-0.1, -0.05) is 30.3 Å². The lowest BCUT2D eigenvalue weighted by atomic mass is 9.94. The maximum absolute atomic E-state index is 13.3. The van der Waals surface area contributed by atoms with Gasteiger partial charge >= 0.3 is 6.36 Å². The number of nitrogens with one attached hydrogen (secondary N) is 1. The molecule has 1 heterocycles. The Morgan fingerprint density at radius 3 is 2.47 bits per heavy atom. The van der Waals surface area contributed by atoms with Crippen LogP contribution < -0.4 is 24.3 Å². The Balaban J connectivity index is 1.49. The maximum Gasteiger partial charge on any atom is 0.573 e. The van der Waals surface area contributed by atoms with Crippen molar-refractivity contribution in [2.24, 2.45) is 0 Å². The summed E-state index contributed by atoms with van der Waals surface area (Å²) in [6.45, 7) is 0.103. The van der Waals surface area contributed by atoms with Crippen molar-refractivity contribution in [3.8, 4) is 34.1 Å². The highest BCUT2D eigenvalue weighted by Gasteiger charge is 2.52. The second kappa shape index (κ2) is 8.16. The molecule has 2 aliphatic rings. The minimum Gasteiger partial charge on any atom is -0.496 e.